The number of aromatic nitrogens is 1. The van der Waals surface area contributed by atoms with Crippen molar-refractivity contribution in [3.63, 3.8) is 0 Å². The summed E-state index contributed by atoms with van der Waals surface area (Å²) in [4.78, 5) is 16.5. The summed E-state index contributed by atoms with van der Waals surface area (Å²) in [5.74, 6) is -0.308. The third kappa shape index (κ3) is 2.99. The van der Waals surface area contributed by atoms with E-state index in [9.17, 15) is 9.90 Å². The number of fused-ring (bicyclic) bond motifs is 2. The van der Waals surface area contributed by atoms with E-state index in [1.807, 2.05) is 19.1 Å². The first kappa shape index (κ1) is 18.4. The molecule has 0 saturated heterocycles. The van der Waals surface area contributed by atoms with Crippen LogP contribution in [0.3, 0.4) is 0 Å². The van der Waals surface area contributed by atoms with Gasteiger partial charge in [-0.1, -0.05) is 24.6 Å². The average Bonchev–Trinajstić information content (AvgIpc) is 3.16. The molecule has 2 heterocycles. The summed E-state index contributed by atoms with van der Waals surface area (Å²) in [7, 11) is 0. The number of pyridine rings is 1. The molecule has 3 N–H and O–H groups in total. The van der Waals surface area contributed by atoms with Gasteiger partial charge < -0.3 is 20.3 Å². The number of carbonyl (C=O) groups excluding carboxylic acids is 1. The van der Waals surface area contributed by atoms with Crippen molar-refractivity contribution < 1.29 is 19.4 Å². The van der Waals surface area contributed by atoms with E-state index in [2.05, 4.69) is 4.98 Å². The molecule has 28 heavy (non-hydrogen) atoms. The Bertz CT molecular complexity index is 1070. The van der Waals surface area contributed by atoms with Gasteiger partial charge in [0.1, 0.15) is 11.3 Å². The fraction of sp³-hybridized carbons (Fsp3) is 0.238. The van der Waals surface area contributed by atoms with E-state index in [-0.39, 0.29) is 12.5 Å². The second-order valence-electron chi connectivity index (χ2n) is 6.70. The van der Waals surface area contributed by atoms with E-state index < -0.39 is 17.7 Å². The smallest absolute Gasteiger partial charge is 0.231 e. The van der Waals surface area contributed by atoms with Crippen LogP contribution in [0.4, 0.5) is 0 Å². The topological polar surface area (TPSA) is 94.7 Å². The Morgan fingerprint density at radius 3 is 2.82 bits per heavy atom. The number of rotatable bonds is 5. The lowest BCUT2D eigenvalue weighted by Crippen LogP contribution is -2.29. The molecule has 144 valence electrons. The molecule has 1 aliphatic heterocycles. The first-order valence-electron chi connectivity index (χ1n) is 8.96. The van der Waals surface area contributed by atoms with Gasteiger partial charge in [0, 0.05) is 29.0 Å². The van der Waals surface area contributed by atoms with Crippen LogP contribution in [0.25, 0.3) is 10.9 Å². The normalized spacial score (nSPS) is 14.8. The molecule has 0 saturated carbocycles. The largest absolute Gasteiger partial charge is 0.505 e. The van der Waals surface area contributed by atoms with Crippen LogP contribution in [0.1, 0.15) is 30.4 Å². The van der Waals surface area contributed by atoms with Crippen molar-refractivity contribution in [3.05, 3.63) is 58.7 Å². The van der Waals surface area contributed by atoms with Crippen LogP contribution >= 0.6 is 11.6 Å². The summed E-state index contributed by atoms with van der Waals surface area (Å²) in [6, 6.07) is 10.7. The summed E-state index contributed by atoms with van der Waals surface area (Å²) < 4.78 is 10.9. The van der Waals surface area contributed by atoms with Crippen molar-refractivity contribution in [1.82, 2.24) is 4.98 Å². The Morgan fingerprint density at radius 2 is 2.07 bits per heavy atom. The zero-order chi connectivity index (χ0) is 19.8. The van der Waals surface area contributed by atoms with Gasteiger partial charge in [-0.3, -0.25) is 9.78 Å². The van der Waals surface area contributed by atoms with Crippen molar-refractivity contribution in [1.29, 1.82) is 0 Å². The Kier molecular flexibility index (Phi) is 4.73. The van der Waals surface area contributed by atoms with Crippen molar-refractivity contribution in [2.45, 2.75) is 19.3 Å². The van der Waals surface area contributed by atoms with Gasteiger partial charge in [-0.15, -0.1) is 0 Å². The lowest BCUT2D eigenvalue weighted by molar-refractivity contribution is -0.122. The maximum Gasteiger partial charge on any atom is 0.231 e. The second-order valence-corrected chi connectivity index (χ2v) is 7.11. The quantitative estimate of drug-likeness (QED) is 0.678. The number of hydrogen-bond donors (Lipinski definition) is 2. The molecule has 2 aromatic carbocycles. The zero-order valence-corrected chi connectivity index (χ0v) is 15.9. The van der Waals surface area contributed by atoms with E-state index >= 15 is 0 Å². The number of hydrogen-bond acceptors (Lipinski definition) is 5. The Labute approximate surface area is 166 Å². The number of phenolic OH excluding ortho intramolecular Hbond substituents is 1. The van der Waals surface area contributed by atoms with Crippen molar-refractivity contribution in [2.75, 3.05) is 6.79 Å². The van der Waals surface area contributed by atoms with Crippen LogP contribution in [0.2, 0.25) is 5.02 Å². The van der Waals surface area contributed by atoms with Crippen LogP contribution < -0.4 is 15.2 Å². The highest BCUT2D eigenvalue weighted by Crippen LogP contribution is 2.45. The Balaban J connectivity index is 1.95. The number of carbonyl (C=O) groups is 1. The van der Waals surface area contributed by atoms with Crippen LogP contribution in [0.15, 0.2) is 42.6 Å². The molecule has 0 spiro atoms. The van der Waals surface area contributed by atoms with Gasteiger partial charge in [0.25, 0.3) is 0 Å². The third-order valence-corrected chi connectivity index (χ3v) is 5.46. The van der Waals surface area contributed by atoms with E-state index in [0.717, 1.165) is 5.56 Å². The van der Waals surface area contributed by atoms with Crippen molar-refractivity contribution in [2.24, 2.45) is 11.7 Å². The molecular formula is C21H19ClN2O4. The summed E-state index contributed by atoms with van der Waals surface area (Å²) in [6.45, 7) is 2.03. The minimum Gasteiger partial charge on any atom is -0.505 e. The Hall–Kier alpha value is -2.99. The van der Waals surface area contributed by atoms with E-state index in [0.29, 0.717) is 39.4 Å². The fourth-order valence-corrected chi connectivity index (χ4v) is 4.05. The predicted molar refractivity (Wildman–Crippen MR) is 106 cm³/mol. The molecule has 2 unspecified atom stereocenters. The summed E-state index contributed by atoms with van der Waals surface area (Å²) in [5, 5.41) is 12.1. The summed E-state index contributed by atoms with van der Waals surface area (Å²) in [5.41, 5.74) is 7.37. The molecule has 0 aliphatic carbocycles. The lowest BCUT2D eigenvalue weighted by Gasteiger charge is -2.26. The maximum absolute atomic E-state index is 12.2. The van der Waals surface area contributed by atoms with Crippen LogP contribution in [-0.2, 0) is 4.79 Å². The molecule has 2 atom stereocenters. The molecule has 0 bridgehead atoms. The first-order chi connectivity index (χ1) is 13.5. The van der Waals surface area contributed by atoms with Crippen molar-refractivity contribution in [3.8, 4) is 17.2 Å². The molecule has 1 aromatic heterocycles. The average molecular weight is 399 g/mol. The molecule has 1 amide bonds. The summed E-state index contributed by atoms with van der Waals surface area (Å²) >= 11 is 6.47. The predicted octanol–water partition coefficient (Wildman–Crippen LogP) is 3.97. The second kappa shape index (κ2) is 7.20. The number of benzene rings is 2. The van der Waals surface area contributed by atoms with Crippen LogP contribution in [0, 0.1) is 5.92 Å². The Morgan fingerprint density at radius 1 is 1.29 bits per heavy atom. The molecule has 0 fully saturated rings. The molecule has 7 heteroatoms. The third-order valence-electron chi connectivity index (χ3n) is 5.14. The number of nitrogens with two attached hydrogens (primary N) is 1. The van der Waals surface area contributed by atoms with Gasteiger partial charge in [-0.2, -0.15) is 0 Å². The number of ether oxygens (including phenoxy) is 2. The number of nitrogens with zero attached hydrogens (tertiary/aromatic N) is 1. The minimum atomic E-state index is -0.552. The van der Waals surface area contributed by atoms with Crippen LogP contribution in [0.5, 0.6) is 17.2 Å². The zero-order valence-electron chi connectivity index (χ0n) is 15.2. The monoisotopic (exact) mass is 398 g/mol. The van der Waals surface area contributed by atoms with Gasteiger partial charge in [0.2, 0.25) is 12.7 Å². The van der Waals surface area contributed by atoms with E-state index in [1.54, 1.807) is 30.5 Å². The molecule has 0 radical (unpaired) electrons. The number of halogens is 1. The van der Waals surface area contributed by atoms with Crippen molar-refractivity contribution >= 4 is 28.4 Å². The first-order valence-corrected chi connectivity index (χ1v) is 9.34. The van der Waals surface area contributed by atoms with Crippen LogP contribution in [-0.4, -0.2) is 22.8 Å². The van der Waals surface area contributed by atoms with Gasteiger partial charge in [-0.25, -0.2) is 0 Å². The van der Waals surface area contributed by atoms with E-state index in [4.69, 9.17) is 26.8 Å². The highest BCUT2D eigenvalue weighted by Gasteiger charge is 2.32. The highest BCUT2D eigenvalue weighted by atomic mass is 35.5. The highest BCUT2D eigenvalue weighted by molar-refractivity contribution is 6.35. The fourth-order valence-electron chi connectivity index (χ4n) is 3.78. The minimum absolute atomic E-state index is 0.0117. The number of aromatic hydroxyl groups is 1. The standard InChI is InChI=1S/C21H19ClN2O4/c1-2-12(21(23)26)18(11-5-6-16-17(8-11)28-10-27-16)14-9-15(22)13-4-3-7-24-19(13)20(14)25/h3-9,12,18,25H,2,10H2,1H3,(H2,23,26). The maximum atomic E-state index is 12.2. The number of amides is 1. The molecule has 6 nitrogen and oxygen atoms in total. The SMILES string of the molecule is CCC(C(N)=O)C(c1ccc2c(c1)OCO2)c1cc(Cl)c2cccnc2c1O. The molecular weight excluding hydrogens is 380 g/mol. The van der Waals surface area contributed by atoms with Gasteiger partial charge in [0.05, 0.1) is 5.02 Å². The number of phenols is 1. The molecule has 4 rings (SSSR count). The van der Waals surface area contributed by atoms with Gasteiger partial charge >= 0.3 is 0 Å². The van der Waals surface area contributed by atoms with Gasteiger partial charge in [-0.05, 0) is 42.3 Å². The molecule has 1 aliphatic rings. The lowest BCUT2D eigenvalue weighted by atomic mass is 9.78. The van der Waals surface area contributed by atoms with Gasteiger partial charge in [0.15, 0.2) is 11.5 Å². The number of primary amides is 1. The molecule has 3 aromatic rings. The van der Waals surface area contributed by atoms with E-state index in [1.165, 1.54) is 0 Å². The summed E-state index contributed by atoms with van der Waals surface area (Å²) in [6.07, 6.45) is 2.08.